The van der Waals surface area contributed by atoms with Gasteiger partial charge in [0, 0.05) is 12.1 Å². The molecule has 0 heterocycles. The van der Waals surface area contributed by atoms with E-state index in [0.29, 0.717) is 12.0 Å². The van der Waals surface area contributed by atoms with Crippen molar-refractivity contribution in [3.8, 4) is 0 Å². The summed E-state index contributed by atoms with van der Waals surface area (Å²) >= 11 is 0. The first kappa shape index (κ1) is 14.1. The fraction of sp³-hybridized carbons (Fsp3) is 0.571. The van der Waals surface area contributed by atoms with Crippen molar-refractivity contribution >= 4 is 0 Å². The highest BCUT2D eigenvalue weighted by molar-refractivity contribution is 5.24. The molecule has 0 spiro atoms. The second-order valence-corrected chi connectivity index (χ2v) is 5.53. The zero-order valence-electron chi connectivity index (χ0n) is 10.8. The van der Waals surface area contributed by atoms with Crippen LogP contribution in [0, 0.1) is 5.41 Å². The predicted octanol–water partition coefficient (Wildman–Crippen LogP) is 4.15. The fourth-order valence-electron chi connectivity index (χ4n) is 1.53. The minimum Gasteiger partial charge on any atom is -0.313 e. The monoisotopic (exact) mass is 241 g/mol. The van der Waals surface area contributed by atoms with Crippen molar-refractivity contribution < 1.29 is 8.78 Å². The van der Waals surface area contributed by atoms with Crippen LogP contribution in [0.25, 0.3) is 0 Å². The van der Waals surface area contributed by atoms with Crippen LogP contribution in [0.3, 0.4) is 0 Å². The molecule has 0 aliphatic heterocycles. The highest BCUT2D eigenvalue weighted by Gasteiger charge is 2.09. The van der Waals surface area contributed by atoms with Crippen LogP contribution in [0.15, 0.2) is 24.3 Å². The molecule has 96 valence electrons. The number of hydrogen-bond acceptors (Lipinski definition) is 1. The summed E-state index contributed by atoms with van der Waals surface area (Å²) in [6.07, 6.45) is -1.31. The Bertz CT molecular complexity index is 342. The third kappa shape index (κ3) is 5.78. The van der Waals surface area contributed by atoms with Crippen molar-refractivity contribution in [2.45, 2.75) is 40.2 Å². The summed E-state index contributed by atoms with van der Waals surface area (Å²) in [6, 6.07) is 6.58. The summed E-state index contributed by atoms with van der Waals surface area (Å²) in [4.78, 5) is 0. The molecular formula is C14H21F2N. The van der Waals surface area contributed by atoms with E-state index >= 15 is 0 Å². The lowest BCUT2D eigenvalue weighted by Crippen LogP contribution is -2.20. The van der Waals surface area contributed by atoms with Gasteiger partial charge in [0.15, 0.2) is 0 Å². The highest BCUT2D eigenvalue weighted by Crippen LogP contribution is 2.20. The van der Waals surface area contributed by atoms with Crippen LogP contribution < -0.4 is 5.32 Å². The SMILES string of the molecule is CC(C)(C)CCNCc1cccc(C(F)F)c1. The quantitative estimate of drug-likeness (QED) is 0.764. The van der Waals surface area contributed by atoms with E-state index in [1.165, 1.54) is 6.07 Å². The van der Waals surface area contributed by atoms with E-state index in [9.17, 15) is 8.78 Å². The van der Waals surface area contributed by atoms with Crippen molar-refractivity contribution in [2.24, 2.45) is 5.41 Å². The van der Waals surface area contributed by atoms with Crippen molar-refractivity contribution in [3.05, 3.63) is 35.4 Å². The summed E-state index contributed by atoms with van der Waals surface area (Å²) in [7, 11) is 0. The van der Waals surface area contributed by atoms with Gasteiger partial charge in [-0.05, 0) is 30.0 Å². The fourth-order valence-corrected chi connectivity index (χ4v) is 1.53. The summed E-state index contributed by atoms with van der Waals surface area (Å²) in [5.74, 6) is 0. The Labute approximate surface area is 102 Å². The Balaban J connectivity index is 2.39. The average Bonchev–Trinajstić information content (AvgIpc) is 2.23. The maximum atomic E-state index is 12.5. The Hall–Kier alpha value is -0.960. The van der Waals surface area contributed by atoms with Gasteiger partial charge in [-0.25, -0.2) is 8.78 Å². The molecule has 0 unspecified atom stereocenters. The molecule has 0 saturated heterocycles. The number of benzene rings is 1. The lowest BCUT2D eigenvalue weighted by Gasteiger charge is -2.18. The molecule has 0 fully saturated rings. The minimum absolute atomic E-state index is 0.0973. The number of alkyl halides is 2. The van der Waals surface area contributed by atoms with E-state index in [4.69, 9.17) is 0 Å². The molecular weight excluding hydrogens is 220 g/mol. The predicted molar refractivity (Wildman–Crippen MR) is 67.2 cm³/mol. The third-order valence-corrected chi connectivity index (χ3v) is 2.58. The van der Waals surface area contributed by atoms with Gasteiger partial charge in [-0.2, -0.15) is 0 Å². The van der Waals surface area contributed by atoms with E-state index in [1.54, 1.807) is 12.1 Å². The van der Waals surface area contributed by atoms with Gasteiger partial charge < -0.3 is 5.32 Å². The van der Waals surface area contributed by atoms with E-state index in [0.717, 1.165) is 18.5 Å². The van der Waals surface area contributed by atoms with Crippen LogP contribution in [-0.4, -0.2) is 6.54 Å². The molecule has 0 saturated carbocycles. The Morgan fingerprint density at radius 1 is 1.24 bits per heavy atom. The lowest BCUT2D eigenvalue weighted by atomic mass is 9.92. The maximum Gasteiger partial charge on any atom is 0.263 e. The molecule has 1 aromatic rings. The largest absolute Gasteiger partial charge is 0.313 e. The summed E-state index contributed by atoms with van der Waals surface area (Å²) in [6.45, 7) is 8.11. The molecule has 0 atom stereocenters. The standard InChI is InChI=1S/C14H21F2N/c1-14(2,3)7-8-17-10-11-5-4-6-12(9-11)13(15)16/h4-6,9,13,17H,7-8,10H2,1-3H3. The van der Waals surface area contributed by atoms with Crippen molar-refractivity contribution in [3.63, 3.8) is 0 Å². The van der Waals surface area contributed by atoms with Gasteiger partial charge in [-0.15, -0.1) is 0 Å². The summed E-state index contributed by atoms with van der Waals surface area (Å²) < 4.78 is 24.9. The number of hydrogen-bond donors (Lipinski definition) is 1. The van der Waals surface area contributed by atoms with Crippen LogP contribution in [-0.2, 0) is 6.54 Å². The van der Waals surface area contributed by atoms with Gasteiger partial charge in [0.05, 0.1) is 0 Å². The van der Waals surface area contributed by atoms with Crippen LogP contribution in [0.4, 0.5) is 8.78 Å². The molecule has 0 aromatic heterocycles. The summed E-state index contributed by atoms with van der Waals surface area (Å²) in [5, 5.41) is 3.28. The van der Waals surface area contributed by atoms with Crippen LogP contribution in [0.5, 0.6) is 0 Å². The molecule has 1 nitrogen and oxygen atoms in total. The van der Waals surface area contributed by atoms with Crippen molar-refractivity contribution in [1.82, 2.24) is 5.32 Å². The lowest BCUT2D eigenvalue weighted by molar-refractivity contribution is 0.151. The molecule has 0 amide bonds. The van der Waals surface area contributed by atoms with Gasteiger partial charge in [-0.3, -0.25) is 0 Å². The molecule has 0 aliphatic rings. The first-order valence-corrected chi connectivity index (χ1v) is 5.96. The number of rotatable bonds is 5. The Morgan fingerprint density at radius 2 is 1.94 bits per heavy atom. The minimum atomic E-state index is -2.38. The number of halogens is 2. The highest BCUT2D eigenvalue weighted by atomic mass is 19.3. The molecule has 0 bridgehead atoms. The van der Waals surface area contributed by atoms with E-state index < -0.39 is 6.43 Å². The average molecular weight is 241 g/mol. The van der Waals surface area contributed by atoms with Crippen molar-refractivity contribution in [2.75, 3.05) is 6.54 Å². The zero-order valence-corrected chi connectivity index (χ0v) is 10.8. The summed E-state index contributed by atoms with van der Waals surface area (Å²) in [5.41, 5.74) is 1.31. The van der Waals surface area contributed by atoms with Crippen LogP contribution in [0.2, 0.25) is 0 Å². The van der Waals surface area contributed by atoms with E-state index in [-0.39, 0.29) is 5.56 Å². The second kappa shape index (κ2) is 6.10. The molecule has 3 heteroatoms. The maximum absolute atomic E-state index is 12.5. The van der Waals surface area contributed by atoms with Gasteiger partial charge in [-0.1, -0.05) is 39.0 Å². The molecule has 1 aromatic carbocycles. The molecule has 1 N–H and O–H groups in total. The molecule has 17 heavy (non-hydrogen) atoms. The van der Waals surface area contributed by atoms with Crippen molar-refractivity contribution in [1.29, 1.82) is 0 Å². The van der Waals surface area contributed by atoms with Crippen LogP contribution >= 0.6 is 0 Å². The second-order valence-electron chi connectivity index (χ2n) is 5.53. The van der Waals surface area contributed by atoms with E-state index in [2.05, 4.69) is 26.1 Å². The zero-order chi connectivity index (χ0) is 12.9. The topological polar surface area (TPSA) is 12.0 Å². The van der Waals surface area contributed by atoms with Crippen LogP contribution in [0.1, 0.15) is 44.7 Å². The molecule has 0 aliphatic carbocycles. The first-order valence-electron chi connectivity index (χ1n) is 5.96. The number of nitrogens with one attached hydrogen (secondary N) is 1. The van der Waals surface area contributed by atoms with Gasteiger partial charge in [0.1, 0.15) is 0 Å². The van der Waals surface area contributed by atoms with Gasteiger partial charge >= 0.3 is 0 Å². The smallest absolute Gasteiger partial charge is 0.263 e. The van der Waals surface area contributed by atoms with E-state index in [1.807, 2.05) is 6.07 Å². The first-order chi connectivity index (χ1) is 7.88. The van der Waals surface area contributed by atoms with Gasteiger partial charge in [0.25, 0.3) is 6.43 Å². The molecule has 0 radical (unpaired) electrons. The third-order valence-electron chi connectivity index (χ3n) is 2.58. The van der Waals surface area contributed by atoms with Gasteiger partial charge in [0.2, 0.25) is 0 Å². The Kier molecular flexibility index (Phi) is 5.06. The normalized spacial score (nSPS) is 12.1. The molecule has 1 rings (SSSR count). The Morgan fingerprint density at radius 3 is 2.53 bits per heavy atom.